The quantitative estimate of drug-likeness (QED) is 0.883. The molecule has 1 amide bonds. The molecule has 132 valence electrons. The van der Waals surface area contributed by atoms with Gasteiger partial charge in [-0.2, -0.15) is 0 Å². The summed E-state index contributed by atoms with van der Waals surface area (Å²) in [5, 5.41) is 10.5. The van der Waals surface area contributed by atoms with Crippen molar-refractivity contribution in [1.29, 1.82) is 0 Å². The highest BCUT2D eigenvalue weighted by atomic mass is 35.5. The highest BCUT2D eigenvalue weighted by molar-refractivity contribution is 6.31. The van der Waals surface area contributed by atoms with Crippen LogP contribution in [0.1, 0.15) is 45.6 Å². The molecule has 0 bridgehead atoms. The second-order valence-corrected chi connectivity index (χ2v) is 7.56. The van der Waals surface area contributed by atoms with Gasteiger partial charge in [0.05, 0.1) is 0 Å². The van der Waals surface area contributed by atoms with Gasteiger partial charge in [-0.25, -0.2) is 4.79 Å². The number of ether oxygens (including phenoxy) is 1. The normalized spacial score (nSPS) is 24.6. The maximum Gasteiger partial charge on any atom is 0.411 e. The fourth-order valence-corrected chi connectivity index (χ4v) is 3.44. The Balaban J connectivity index is 2.54. The molecule has 0 unspecified atom stereocenters. The van der Waals surface area contributed by atoms with Crippen molar-refractivity contribution < 1.29 is 19.4 Å². The lowest BCUT2D eigenvalue weighted by Gasteiger charge is -2.45. The van der Waals surface area contributed by atoms with Crippen LogP contribution < -0.4 is 0 Å². The highest BCUT2D eigenvalue weighted by Crippen LogP contribution is 2.42. The van der Waals surface area contributed by atoms with Crippen LogP contribution in [0.2, 0.25) is 5.02 Å². The van der Waals surface area contributed by atoms with Gasteiger partial charge in [-0.05, 0) is 46.1 Å². The molecule has 1 aliphatic carbocycles. The topological polar surface area (TPSA) is 66.8 Å². The summed E-state index contributed by atoms with van der Waals surface area (Å²) >= 11 is 6.33. The maximum absolute atomic E-state index is 13.0. The zero-order valence-electron chi connectivity index (χ0n) is 14.5. The van der Waals surface area contributed by atoms with Crippen molar-refractivity contribution in [3.63, 3.8) is 0 Å². The lowest BCUT2D eigenvalue weighted by atomic mass is 9.73. The summed E-state index contributed by atoms with van der Waals surface area (Å²) in [7, 11) is 1.52. The van der Waals surface area contributed by atoms with Gasteiger partial charge in [0, 0.05) is 17.6 Å². The van der Waals surface area contributed by atoms with E-state index in [1.54, 1.807) is 45.0 Å². The number of aliphatic hydroxyl groups is 1. The fourth-order valence-electron chi connectivity index (χ4n) is 3.15. The van der Waals surface area contributed by atoms with Crippen molar-refractivity contribution in [2.45, 2.75) is 57.3 Å². The lowest BCUT2D eigenvalue weighted by Crippen LogP contribution is -2.58. The first-order valence-electron chi connectivity index (χ1n) is 8.04. The van der Waals surface area contributed by atoms with Crippen LogP contribution >= 0.6 is 11.6 Å². The molecular formula is C18H24ClNO4. The lowest BCUT2D eigenvalue weighted by molar-refractivity contribution is -0.144. The molecule has 1 fully saturated rings. The summed E-state index contributed by atoms with van der Waals surface area (Å²) in [6.45, 7) is 5.29. The van der Waals surface area contributed by atoms with E-state index < -0.39 is 29.1 Å². The molecule has 1 aromatic carbocycles. The van der Waals surface area contributed by atoms with E-state index in [0.29, 0.717) is 29.8 Å². The third-order valence-electron chi connectivity index (χ3n) is 4.29. The first-order chi connectivity index (χ1) is 11.1. The van der Waals surface area contributed by atoms with E-state index in [1.165, 1.54) is 11.9 Å². The largest absolute Gasteiger partial charge is 0.444 e. The third-order valence-corrected chi connectivity index (χ3v) is 4.62. The molecule has 0 saturated heterocycles. The Hall–Kier alpha value is -1.59. The van der Waals surface area contributed by atoms with Gasteiger partial charge in [0.2, 0.25) is 0 Å². The van der Waals surface area contributed by atoms with E-state index in [0.717, 1.165) is 0 Å². The summed E-state index contributed by atoms with van der Waals surface area (Å²) in [5.74, 6) is -0.421. The number of Topliss-reactive ketones (excluding diaryl/α,β-unsaturated/α-hetero) is 1. The Morgan fingerprint density at radius 3 is 2.58 bits per heavy atom. The standard InChI is InChI=1S/C18H24ClNO4/c1-17(2,3)24-16(23)20(4)18(11-7-10-14(21)15(18)22)12-8-5-6-9-13(12)19/h5-6,8-9,14,21H,7,10-11H2,1-4H3/t14-,18-/m0/s1. The van der Waals surface area contributed by atoms with Crippen molar-refractivity contribution in [2.75, 3.05) is 7.05 Å². The number of aliphatic hydroxyl groups excluding tert-OH is 1. The number of ketones is 1. The van der Waals surface area contributed by atoms with Gasteiger partial charge in [-0.15, -0.1) is 0 Å². The summed E-state index contributed by atoms with van der Waals surface area (Å²) in [5.41, 5.74) is -1.49. The van der Waals surface area contributed by atoms with Gasteiger partial charge in [0.15, 0.2) is 5.78 Å². The van der Waals surface area contributed by atoms with Gasteiger partial charge >= 0.3 is 6.09 Å². The van der Waals surface area contributed by atoms with Crippen LogP contribution in [-0.2, 0) is 15.1 Å². The molecule has 0 radical (unpaired) electrons. The Kier molecular flexibility index (Phi) is 5.25. The number of halogens is 1. The summed E-state index contributed by atoms with van der Waals surface area (Å²) < 4.78 is 5.43. The van der Waals surface area contributed by atoms with E-state index in [9.17, 15) is 14.7 Å². The van der Waals surface area contributed by atoms with Gasteiger partial charge in [-0.3, -0.25) is 9.69 Å². The molecule has 0 heterocycles. The minimum absolute atomic E-state index is 0.382. The van der Waals surface area contributed by atoms with Crippen molar-refractivity contribution in [3.8, 4) is 0 Å². The molecular weight excluding hydrogens is 330 g/mol. The number of carbonyl (C=O) groups excluding carboxylic acids is 2. The molecule has 1 N–H and O–H groups in total. The zero-order chi connectivity index (χ0) is 18.1. The summed E-state index contributed by atoms with van der Waals surface area (Å²) in [6, 6.07) is 6.92. The van der Waals surface area contributed by atoms with Gasteiger partial charge in [0.25, 0.3) is 0 Å². The summed E-state index contributed by atoms with van der Waals surface area (Å²) in [4.78, 5) is 26.9. The Labute approximate surface area is 147 Å². The Bertz CT molecular complexity index is 640. The van der Waals surface area contributed by atoms with E-state index in [2.05, 4.69) is 0 Å². The van der Waals surface area contributed by atoms with Crippen LogP contribution in [0, 0.1) is 0 Å². The highest BCUT2D eigenvalue weighted by Gasteiger charge is 2.52. The second kappa shape index (κ2) is 6.73. The predicted molar refractivity (Wildman–Crippen MR) is 92.0 cm³/mol. The average molecular weight is 354 g/mol. The first-order valence-corrected chi connectivity index (χ1v) is 8.41. The van der Waals surface area contributed by atoms with E-state index in [-0.39, 0.29) is 0 Å². The number of nitrogens with zero attached hydrogens (tertiary/aromatic N) is 1. The van der Waals surface area contributed by atoms with E-state index >= 15 is 0 Å². The molecule has 1 aliphatic rings. The SMILES string of the molecule is CN(C(=O)OC(C)(C)C)[C@]1(c2ccccc2Cl)CCC[C@H](O)C1=O. The molecule has 0 spiro atoms. The Morgan fingerprint density at radius 1 is 1.38 bits per heavy atom. The van der Waals surface area contributed by atoms with E-state index in [4.69, 9.17) is 16.3 Å². The monoisotopic (exact) mass is 353 g/mol. The minimum Gasteiger partial charge on any atom is -0.444 e. The number of likely N-dealkylation sites (N-methyl/N-ethyl adjacent to an activating group) is 1. The van der Waals surface area contributed by atoms with Crippen molar-refractivity contribution in [3.05, 3.63) is 34.9 Å². The van der Waals surface area contributed by atoms with Crippen LogP contribution in [0.15, 0.2) is 24.3 Å². The number of hydrogen-bond donors (Lipinski definition) is 1. The minimum atomic E-state index is -1.32. The molecule has 0 aliphatic heterocycles. The van der Waals surface area contributed by atoms with Crippen molar-refractivity contribution >= 4 is 23.5 Å². The number of carbonyl (C=O) groups is 2. The van der Waals surface area contributed by atoms with E-state index in [1.807, 2.05) is 0 Å². The smallest absolute Gasteiger partial charge is 0.411 e. The first kappa shape index (κ1) is 18.7. The van der Waals surface area contributed by atoms with Gasteiger partial charge < -0.3 is 9.84 Å². The number of benzene rings is 1. The fraction of sp³-hybridized carbons (Fsp3) is 0.556. The van der Waals surface area contributed by atoms with Crippen molar-refractivity contribution in [1.82, 2.24) is 4.90 Å². The molecule has 2 atom stereocenters. The number of rotatable bonds is 2. The second-order valence-electron chi connectivity index (χ2n) is 7.15. The van der Waals surface area contributed by atoms with Crippen LogP contribution in [0.5, 0.6) is 0 Å². The van der Waals surface area contributed by atoms with Gasteiger partial charge in [0.1, 0.15) is 17.2 Å². The molecule has 6 heteroatoms. The molecule has 5 nitrogen and oxygen atoms in total. The van der Waals surface area contributed by atoms with Crippen LogP contribution in [-0.4, -0.2) is 40.6 Å². The summed E-state index contributed by atoms with van der Waals surface area (Å²) in [6.07, 6.45) is -0.370. The van der Waals surface area contributed by atoms with Crippen molar-refractivity contribution in [2.24, 2.45) is 0 Å². The average Bonchev–Trinajstić information content (AvgIpc) is 2.48. The van der Waals surface area contributed by atoms with Crippen LogP contribution in [0.4, 0.5) is 4.79 Å². The van der Waals surface area contributed by atoms with Gasteiger partial charge in [-0.1, -0.05) is 29.8 Å². The predicted octanol–water partition coefficient (Wildman–Crippen LogP) is 3.52. The molecule has 0 aromatic heterocycles. The van der Waals surface area contributed by atoms with Crippen LogP contribution in [0.25, 0.3) is 0 Å². The van der Waals surface area contributed by atoms with Crippen LogP contribution in [0.3, 0.4) is 0 Å². The molecule has 2 rings (SSSR count). The number of hydrogen-bond acceptors (Lipinski definition) is 4. The zero-order valence-corrected chi connectivity index (χ0v) is 15.3. The molecule has 1 saturated carbocycles. The third kappa shape index (κ3) is 3.42. The molecule has 24 heavy (non-hydrogen) atoms. The molecule has 1 aromatic rings. The number of amides is 1. The maximum atomic E-state index is 13.0. The Morgan fingerprint density at radius 2 is 2.00 bits per heavy atom.